The van der Waals surface area contributed by atoms with Gasteiger partial charge >= 0.3 is 0 Å². The van der Waals surface area contributed by atoms with Gasteiger partial charge in [0.25, 0.3) is 15.7 Å². The van der Waals surface area contributed by atoms with Gasteiger partial charge in [-0.2, -0.15) is 4.31 Å². The van der Waals surface area contributed by atoms with Gasteiger partial charge in [-0.25, -0.2) is 13.4 Å². The number of sulfonamides is 1. The molecule has 2 aromatic heterocycles. The Balaban J connectivity index is 1.68. The molecule has 0 aliphatic carbocycles. The van der Waals surface area contributed by atoms with Crippen molar-refractivity contribution in [3.63, 3.8) is 0 Å². The number of aryl methyl sites for hydroxylation is 1. The van der Waals surface area contributed by atoms with Gasteiger partial charge in [-0.15, -0.1) is 11.3 Å². The van der Waals surface area contributed by atoms with Crippen molar-refractivity contribution in [3.05, 3.63) is 45.5 Å². The van der Waals surface area contributed by atoms with E-state index in [1.165, 1.54) is 27.9 Å². The first-order chi connectivity index (χ1) is 11.4. The highest BCUT2D eigenvalue weighted by Crippen LogP contribution is 2.26. The number of pyridine rings is 1. The second-order valence-corrected chi connectivity index (χ2v) is 8.84. The summed E-state index contributed by atoms with van der Waals surface area (Å²) in [6.45, 7) is 3.58. The number of thiophene rings is 1. The third-order valence-corrected chi connectivity index (χ3v) is 7.18. The summed E-state index contributed by atoms with van der Waals surface area (Å²) in [4.78, 5) is 17.1. The van der Waals surface area contributed by atoms with E-state index in [2.05, 4.69) is 4.98 Å². The normalized spacial score (nSPS) is 16.3. The van der Waals surface area contributed by atoms with Crippen LogP contribution < -0.4 is 4.90 Å². The maximum Gasteiger partial charge on any atom is 0.287 e. The zero-order valence-corrected chi connectivity index (χ0v) is 14.6. The first kappa shape index (κ1) is 16.8. The highest BCUT2D eigenvalue weighted by atomic mass is 32.2. The van der Waals surface area contributed by atoms with E-state index < -0.39 is 14.9 Å². The molecule has 0 amide bonds. The molecule has 0 bridgehead atoms. The summed E-state index contributed by atoms with van der Waals surface area (Å²) >= 11 is 1.27. The standard InChI is InChI=1S/C14H16N4O4S2/c1-11-2-5-14(23-11)24(21,22)17-8-6-16(7-9-17)13-4-3-12(10-15-13)18(19)20/h2-5,10H,6-9H2,1H3. The lowest BCUT2D eigenvalue weighted by molar-refractivity contribution is -0.385. The topological polar surface area (TPSA) is 96.7 Å². The molecule has 8 nitrogen and oxygen atoms in total. The van der Waals surface area contributed by atoms with Gasteiger partial charge in [0, 0.05) is 37.1 Å². The van der Waals surface area contributed by atoms with Crippen LogP contribution in [0.2, 0.25) is 0 Å². The van der Waals surface area contributed by atoms with Crippen molar-refractivity contribution < 1.29 is 13.3 Å². The molecule has 1 aliphatic heterocycles. The molecule has 24 heavy (non-hydrogen) atoms. The van der Waals surface area contributed by atoms with Crippen LogP contribution in [-0.4, -0.2) is 48.8 Å². The average molecular weight is 368 g/mol. The molecule has 1 fully saturated rings. The van der Waals surface area contributed by atoms with Crippen molar-refractivity contribution >= 4 is 32.9 Å². The molecule has 0 spiro atoms. The number of hydrogen-bond acceptors (Lipinski definition) is 7. The van der Waals surface area contributed by atoms with Crippen LogP contribution in [0, 0.1) is 17.0 Å². The Morgan fingerprint density at radius 3 is 2.38 bits per heavy atom. The monoisotopic (exact) mass is 368 g/mol. The molecule has 10 heteroatoms. The van der Waals surface area contributed by atoms with Crippen molar-refractivity contribution in [2.24, 2.45) is 0 Å². The predicted molar refractivity (Wildman–Crippen MR) is 90.9 cm³/mol. The van der Waals surface area contributed by atoms with Crippen molar-refractivity contribution in [1.29, 1.82) is 0 Å². The lowest BCUT2D eigenvalue weighted by atomic mass is 10.3. The van der Waals surface area contributed by atoms with Crippen molar-refractivity contribution in [1.82, 2.24) is 9.29 Å². The summed E-state index contributed by atoms with van der Waals surface area (Å²) in [5, 5.41) is 10.7. The summed E-state index contributed by atoms with van der Waals surface area (Å²) in [7, 11) is -3.45. The van der Waals surface area contributed by atoms with Gasteiger partial charge in [0.15, 0.2) is 0 Å². The zero-order chi connectivity index (χ0) is 17.3. The number of anilines is 1. The minimum atomic E-state index is -3.45. The van der Waals surface area contributed by atoms with E-state index in [0.717, 1.165) is 4.88 Å². The highest BCUT2D eigenvalue weighted by molar-refractivity contribution is 7.91. The van der Waals surface area contributed by atoms with Crippen LogP contribution in [0.4, 0.5) is 11.5 Å². The lowest BCUT2D eigenvalue weighted by Crippen LogP contribution is -2.48. The van der Waals surface area contributed by atoms with Crippen LogP contribution in [0.1, 0.15) is 4.88 Å². The molecular formula is C14H16N4O4S2. The second kappa shape index (κ2) is 6.46. The van der Waals surface area contributed by atoms with Gasteiger partial charge in [-0.3, -0.25) is 10.1 Å². The second-order valence-electron chi connectivity index (χ2n) is 5.39. The van der Waals surface area contributed by atoms with Gasteiger partial charge in [0.2, 0.25) is 0 Å². The molecule has 0 atom stereocenters. The first-order valence-corrected chi connectivity index (χ1v) is 9.55. The molecule has 0 unspecified atom stereocenters. The number of rotatable bonds is 4. The summed E-state index contributed by atoms with van der Waals surface area (Å²) in [5.41, 5.74) is -0.0620. The van der Waals surface area contributed by atoms with Crippen molar-refractivity contribution in [3.8, 4) is 0 Å². The number of piperazine rings is 1. The molecule has 3 rings (SSSR count). The summed E-state index contributed by atoms with van der Waals surface area (Å²) in [5.74, 6) is 0.615. The number of hydrogen-bond donors (Lipinski definition) is 0. The van der Waals surface area contributed by atoms with E-state index in [9.17, 15) is 18.5 Å². The fourth-order valence-electron chi connectivity index (χ4n) is 2.51. The quantitative estimate of drug-likeness (QED) is 0.604. The average Bonchev–Trinajstić information content (AvgIpc) is 3.02. The third kappa shape index (κ3) is 3.25. The van der Waals surface area contributed by atoms with Gasteiger partial charge in [0.05, 0.1) is 4.92 Å². The minimum absolute atomic E-state index is 0.0620. The molecule has 1 saturated heterocycles. The van der Waals surface area contributed by atoms with Crippen LogP contribution in [0.5, 0.6) is 0 Å². The van der Waals surface area contributed by atoms with Crippen LogP contribution in [0.25, 0.3) is 0 Å². The highest BCUT2D eigenvalue weighted by Gasteiger charge is 2.30. The summed E-state index contributed by atoms with van der Waals surface area (Å²) in [6.07, 6.45) is 1.22. The Kier molecular flexibility index (Phi) is 4.52. The zero-order valence-electron chi connectivity index (χ0n) is 13.0. The molecule has 0 aromatic carbocycles. The molecule has 3 heterocycles. The Bertz CT molecular complexity index is 840. The Hall–Kier alpha value is -2.04. The maximum absolute atomic E-state index is 12.6. The van der Waals surface area contributed by atoms with Gasteiger partial charge in [0.1, 0.15) is 16.2 Å². The maximum atomic E-state index is 12.6. The Morgan fingerprint density at radius 2 is 1.88 bits per heavy atom. The first-order valence-electron chi connectivity index (χ1n) is 7.30. The minimum Gasteiger partial charge on any atom is -0.354 e. The Morgan fingerprint density at radius 1 is 1.17 bits per heavy atom. The van der Waals surface area contributed by atoms with E-state index in [1.54, 1.807) is 18.2 Å². The van der Waals surface area contributed by atoms with Gasteiger partial charge in [-0.1, -0.05) is 0 Å². The van der Waals surface area contributed by atoms with Gasteiger partial charge in [-0.05, 0) is 25.1 Å². The van der Waals surface area contributed by atoms with E-state index in [0.29, 0.717) is 36.2 Å². The fraction of sp³-hybridized carbons (Fsp3) is 0.357. The van der Waals surface area contributed by atoms with Crippen LogP contribution in [0.15, 0.2) is 34.7 Å². The summed E-state index contributed by atoms with van der Waals surface area (Å²) < 4.78 is 27.0. The molecule has 128 valence electrons. The third-order valence-electron chi connectivity index (χ3n) is 3.82. The number of aromatic nitrogens is 1. The van der Waals surface area contributed by atoms with E-state index >= 15 is 0 Å². The van der Waals surface area contributed by atoms with Crippen LogP contribution in [0.3, 0.4) is 0 Å². The summed E-state index contributed by atoms with van der Waals surface area (Å²) in [6, 6.07) is 6.43. The van der Waals surface area contributed by atoms with E-state index in [1.807, 2.05) is 11.8 Å². The molecule has 0 saturated carbocycles. The lowest BCUT2D eigenvalue weighted by Gasteiger charge is -2.34. The van der Waals surface area contributed by atoms with Crippen molar-refractivity contribution in [2.45, 2.75) is 11.1 Å². The number of nitro groups is 1. The molecule has 2 aromatic rings. The number of nitrogens with zero attached hydrogens (tertiary/aromatic N) is 4. The molecule has 1 aliphatic rings. The Labute approximate surface area is 143 Å². The van der Waals surface area contributed by atoms with E-state index in [4.69, 9.17) is 0 Å². The molecule has 0 radical (unpaired) electrons. The molecular weight excluding hydrogens is 352 g/mol. The SMILES string of the molecule is Cc1ccc(S(=O)(=O)N2CCN(c3ccc([N+](=O)[O-])cn3)CC2)s1. The smallest absolute Gasteiger partial charge is 0.287 e. The fourth-order valence-corrected chi connectivity index (χ4v) is 5.37. The van der Waals surface area contributed by atoms with E-state index in [-0.39, 0.29) is 5.69 Å². The largest absolute Gasteiger partial charge is 0.354 e. The molecule has 0 N–H and O–H groups in total. The van der Waals surface area contributed by atoms with Crippen LogP contribution in [-0.2, 0) is 10.0 Å². The van der Waals surface area contributed by atoms with Crippen LogP contribution >= 0.6 is 11.3 Å². The predicted octanol–water partition coefficient (Wildman–Crippen LogP) is 1.87. The van der Waals surface area contributed by atoms with Crippen molar-refractivity contribution in [2.75, 3.05) is 31.1 Å². The van der Waals surface area contributed by atoms with Gasteiger partial charge < -0.3 is 4.90 Å².